The van der Waals surface area contributed by atoms with Crippen LogP contribution < -0.4 is 9.47 Å². The lowest BCUT2D eigenvalue weighted by atomic mass is 10.0. The molecule has 44 heavy (non-hydrogen) atoms. The molecule has 0 spiro atoms. The Hall–Kier alpha value is -3.42. The Kier molecular flexibility index (Phi) is 8.28. The maximum atomic E-state index is 13.8. The third-order valence-corrected chi connectivity index (χ3v) is 9.42. The maximum absolute atomic E-state index is 13.8. The highest BCUT2D eigenvalue weighted by Crippen LogP contribution is 2.50. The topological polar surface area (TPSA) is 95.9 Å². The van der Waals surface area contributed by atoms with Gasteiger partial charge in [0.25, 0.3) is 11.7 Å². The normalized spacial score (nSPS) is 15.1. The van der Waals surface area contributed by atoms with Crippen LogP contribution in [0.15, 0.2) is 66.7 Å². The minimum absolute atomic E-state index is 0.293. The number of ether oxygens (including phenoxy) is 2. The van der Waals surface area contributed by atoms with Crippen molar-refractivity contribution in [3.05, 3.63) is 66.7 Å². The molecule has 0 saturated heterocycles. The van der Waals surface area contributed by atoms with Crippen molar-refractivity contribution in [1.82, 2.24) is 0 Å². The molecule has 3 aromatic carbocycles. The lowest BCUT2D eigenvalue weighted by Gasteiger charge is -2.31. The van der Waals surface area contributed by atoms with E-state index in [9.17, 15) is 66.4 Å². The van der Waals surface area contributed by atoms with Crippen molar-refractivity contribution in [3.8, 4) is 16.4 Å². The summed E-state index contributed by atoms with van der Waals surface area (Å²) in [5.41, 5.74) is -5.17. The first-order valence-corrected chi connectivity index (χ1v) is 14.3. The van der Waals surface area contributed by atoms with Crippen LogP contribution in [-0.4, -0.2) is 60.2 Å². The van der Waals surface area contributed by atoms with Crippen molar-refractivity contribution in [2.24, 2.45) is 0 Å². The smallest absolute Gasteiger partial charge is 0.432 e. The molecule has 4 aromatic rings. The van der Waals surface area contributed by atoms with Crippen molar-refractivity contribution < 1.29 is 75.8 Å². The summed E-state index contributed by atoms with van der Waals surface area (Å²) < 4.78 is 188. The number of fused-ring (bicyclic) bond motifs is 3. The number of hydrogen-bond donors (Lipinski definition) is 1. The minimum atomic E-state index is -6.79. The molecule has 1 aromatic heterocycles. The predicted octanol–water partition coefficient (Wildman–Crippen LogP) is 7.41. The van der Waals surface area contributed by atoms with Crippen LogP contribution in [0.2, 0.25) is 0 Å². The zero-order chi connectivity index (χ0) is 33.1. The van der Waals surface area contributed by atoms with E-state index in [1.54, 1.807) is 24.3 Å². The van der Waals surface area contributed by atoms with Crippen LogP contribution in [0.1, 0.15) is 0 Å². The van der Waals surface area contributed by atoms with E-state index in [-0.39, 0.29) is 0 Å². The van der Waals surface area contributed by atoms with Crippen molar-refractivity contribution >= 4 is 40.8 Å². The molecule has 2 atom stereocenters. The van der Waals surface area contributed by atoms with Gasteiger partial charge < -0.3 is 19.1 Å². The zero-order valence-electron chi connectivity index (χ0n) is 21.1. The molecule has 0 radical (unpaired) electrons. The van der Waals surface area contributed by atoms with Gasteiger partial charge in [0, 0.05) is 34.1 Å². The average molecular weight is 685 g/mol. The molecule has 19 heteroatoms. The summed E-state index contributed by atoms with van der Waals surface area (Å²) in [6.07, 6.45) is -22.5. The van der Waals surface area contributed by atoms with Gasteiger partial charge in [-0.15, -0.1) is 0 Å². The number of benzene rings is 3. The van der Waals surface area contributed by atoms with Gasteiger partial charge in [-0.05, 0) is 36.4 Å². The number of hydrogen-bond acceptors (Lipinski definition) is 6. The fourth-order valence-electron chi connectivity index (χ4n) is 3.99. The van der Waals surface area contributed by atoms with Crippen LogP contribution in [0, 0.1) is 0 Å². The first-order valence-electron chi connectivity index (χ1n) is 11.6. The van der Waals surface area contributed by atoms with Crippen LogP contribution in [0.5, 0.6) is 11.5 Å². The zero-order valence-corrected chi connectivity index (χ0v) is 22.7. The number of thiophene rings is 1. The third-order valence-electron chi connectivity index (χ3n) is 6.20. The minimum Gasteiger partial charge on any atom is -0.743 e. The molecule has 1 N–H and O–H groups in total. The summed E-state index contributed by atoms with van der Waals surface area (Å²) in [6, 6.07) is 13.7. The molecular weight excluding hydrogens is 669 g/mol. The quantitative estimate of drug-likeness (QED) is 0.118. The van der Waals surface area contributed by atoms with Crippen LogP contribution in [0.25, 0.3) is 25.1 Å². The lowest BCUT2D eigenvalue weighted by molar-refractivity contribution is -0.373. The van der Waals surface area contributed by atoms with E-state index in [1.807, 2.05) is 0 Å². The van der Waals surface area contributed by atoms with Gasteiger partial charge in [-0.2, -0.15) is 48.3 Å². The van der Waals surface area contributed by atoms with Crippen molar-refractivity contribution in [1.29, 1.82) is 0 Å². The van der Waals surface area contributed by atoms with Crippen LogP contribution in [-0.2, 0) is 10.1 Å². The Labute approximate surface area is 241 Å². The van der Waals surface area contributed by atoms with E-state index in [0.717, 1.165) is 36.4 Å². The second kappa shape index (κ2) is 10.9. The van der Waals surface area contributed by atoms with Gasteiger partial charge >= 0.3 is 23.8 Å². The third kappa shape index (κ3) is 5.96. The first kappa shape index (κ1) is 33.5. The predicted molar refractivity (Wildman–Crippen MR) is 133 cm³/mol. The molecule has 2 unspecified atom stereocenters. The molecule has 0 bridgehead atoms. The molecule has 1 heterocycles. The summed E-state index contributed by atoms with van der Waals surface area (Å²) >= 11 is 0. The SMILES string of the molecule is O=S(=O)([O-])C(F)(F)C(Oc1ccc(-[s+]2c3ccccc3c3cc(OCC(O)(C(F)(F)F)C(F)(F)F)ccc32)cc1)C(F)(F)F. The molecule has 0 amide bonds. The second-order valence-corrected chi connectivity index (χ2v) is 12.5. The van der Waals surface area contributed by atoms with Crippen LogP contribution in [0.4, 0.5) is 48.3 Å². The van der Waals surface area contributed by atoms with Crippen molar-refractivity contribution in [2.75, 3.05) is 6.61 Å². The fourth-order valence-corrected chi connectivity index (χ4v) is 6.79. The highest BCUT2D eigenvalue weighted by atomic mass is 32.2. The molecule has 240 valence electrons. The number of rotatable bonds is 8. The number of halogens is 11. The maximum Gasteiger partial charge on any atom is 0.432 e. The Balaban J connectivity index is 1.72. The van der Waals surface area contributed by atoms with Gasteiger partial charge in [0.2, 0.25) is 0 Å². The van der Waals surface area contributed by atoms with Gasteiger partial charge in [0.05, 0.1) is 5.39 Å². The number of aliphatic hydroxyl groups is 1. The van der Waals surface area contributed by atoms with E-state index >= 15 is 0 Å². The molecule has 0 fully saturated rings. The standard InChI is InChI=1S/C25H15F11O6S2/c26-22(27,28)20(23(29,30)44(38,39)40)42-13-5-8-15(9-6-13)43-18-4-2-1-3-16(18)17-11-14(7-10-19(17)43)41-12-21(37,24(31,32)33)25(34,35)36/h1-11,20,37H,12H2. The Morgan fingerprint density at radius 1 is 0.750 bits per heavy atom. The summed E-state index contributed by atoms with van der Waals surface area (Å²) in [6.45, 7) is -2.21. The molecule has 0 aliphatic rings. The van der Waals surface area contributed by atoms with E-state index in [1.165, 1.54) is 6.07 Å². The van der Waals surface area contributed by atoms with Gasteiger partial charge in [-0.3, -0.25) is 0 Å². The summed E-state index contributed by atoms with van der Waals surface area (Å²) in [5, 5.41) is 4.24. The number of alkyl halides is 11. The highest BCUT2D eigenvalue weighted by Gasteiger charge is 2.71. The first-order chi connectivity index (χ1) is 20.0. The molecule has 4 rings (SSSR count). The second-order valence-electron chi connectivity index (χ2n) is 9.13. The molecule has 6 nitrogen and oxygen atoms in total. The summed E-state index contributed by atoms with van der Waals surface area (Å²) in [4.78, 5) is 0.326. The summed E-state index contributed by atoms with van der Waals surface area (Å²) in [7, 11) is -7.89. The molecule has 0 saturated carbocycles. The van der Waals surface area contributed by atoms with Crippen LogP contribution >= 0.6 is 10.5 Å². The van der Waals surface area contributed by atoms with Gasteiger partial charge in [0.1, 0.15) is 18.1 Å². The molecule has 0 aliphatic carbocycles. The monoisotopic (exact) mass is 684 g/mol. The lowest BCUT2D eigenvalue weighted by Crippen LogP contribution is -2.60. The summed E-state index contributed by atoms with van der Waals surface area (Å²) in [5.74, 6) is -1.34. The Bertz CT molecular complexity index is 1760. The van der Waals surface area contributed by atoms with E-state index < -0.39 is 74.2 Å². The van der Waals surface area contributed by atoms with Gasteiger partial charge in [-0.25, -0.2) is 8.42 Å². The Morgan fingerprint density at radius 3 is 1.80 bits per heavy atom. The Morgan fingerprint density at radius 2 is 1.27 bits per heavy atom. The van der Waals surface area contributed by atoms with Gasteiger partial charge in [-0.1, -0.05) is 12.1 Å². The van der Waals surface area contributed by atoms with Gasteiger partial charge in [0.15, 0.2) is 24.4 Å². The molecule has 0 aliphatic heterocycles. The van der Waals surface area contributed by atoms with E-state index in [4.69, 9.17) is 4.74 Å². The van der Waals surface area contributed by atoms with Crippen molar-refractivity contribution in [2.45, 2.75) is 35.5 Å². The fraction of sp³-hybridized carbons (Fsp3) is 0.280. The van der Waals surface area contributed by atoms with E-state index in [2.05, 4.69) is 4.74 Å². The largest absolute Gasteiger partial charge is 0.743 e. The average Bonchev–Trinajstić information content (AvgIpc) is 3.21. The molecular formula is C25H15F11O6S2. The van der Waals surface area contributed by atoms with Crippen LogP contribution in [0.3, 0.4) is 0 Å². The highest BCUT2D eigenvalue weighted by molar-refractivity contribution is 7.86. The van der Waals surface area contributed by atoms with E-state index in [0.29, 0.717) is 25.1 Å². The van der Waals surface area contributed by atoms with Crippen molar-refractivity contribution in [3.63, 3.8) is 0 Å².